The topological polar surface area (TPSA) is 27.1 Å². The van der Waals surface area contributed by atoms with E-state index in [0.717, 1.165) is 47.9 Å². The van der Waals surface area contributed by atoms with E-state index < -0.39 is 0 Å². The van der Waals surface area contributed by atoms with E-state index in [4.69, 9.17) is 27.9 Å². The molecule has 3 nitrogen and oxygen atoms in total. The van der Waals surface area contributed by atoms with Crippen molar-refractivity contribution in [2.45, 2.75) is 25.3 Å². The van der Waals surface area contributed by atoms with Gasteiger partial charge in [0.15, 0.2) is 0 Å². The molecule has 1 heterocycles. The van der Waals surface area contributed by atoms with E-state index in [0.29, 0.717) is 5.88 Å². The molecule has 0 aliphatic carbocycles. The smallest absolute Gasteiger partial charge is 0.124 e. The molecule has 0 bridgehead atoms. The number of aryl methyl sites for hydroxylation is 1. The zero-order valence-corrected chi connectivity index (χ0v) is 11.8. The number of alkyl halides is 1. The molecule has 0 spiro atoms. The molecular weight excluding hydrogens is 271 g/mol. The molecule has 1 aromatic carbocycles. The third kappa shape index (κ3) is 2.97. The largest absolute Gasteiger partial charge is 0.385 e. The number of hydrogen-bond donors (Lipinski definition) is 0. The van der Waals surface area contributed by atoms with Crippen LogP contribution in [0.4, 0.5) is 0 Å². The third-order valence-electron chi connectivity index (χ3n) is 2.89. The molecule has 0 unspecified atom stereocenters. The number of benzene rings is 1. The molecule has 0 fully saturated rings. The molecule has 0 aliphatic heterocycles. The first-order valence-corrected chi connectivity index (χ1v) is 6.87. The molecule has 0 radical (unpaired) electrons. The number of ether oxygens (including phenoxy) is 1. The number of methoxy groups -OCH3 is 1. The summed E-state index contributed by atoms with van der Waals surface area (Å²) in [5, 5.41) is 0.724. The second-order valence-electron chi connectivity index (χ2n) is 4.15. The van der Waals surface area contributed by atoms with Crippen LogP contribution in [0.5, 0.6) is 0 Å². The van der Waals surface area contributed by atoms with Crippen molar-refractivity contribution in [3.05, 3.63) is 29.0 Å². The average Bonchev–Trinajstić information content (AvgIpc) is 2.72. The molecule has 2 aromatic rings. The average molecular weight is 287 g/mol. The summed E-state index contributed by atoms with van der Waals surface area (Å²) in [6.07, 6.45) is 2.06. The van der Waals surface area contributed by atoms with Crippen LogP contribution in [0.15, 0.2) is 18.2 Å². The summed E-state index contributed by atoms with van der Waals surface area (Å²) in [7, 11) is 1.72. The number of unbranched alkanes of at least 4 members (excludes halogenated alkanes) is 1. The lowest BCUT2D eigenvalue weighted by Crippen LogP contribution is -2.03. The van der Waals surface area contributed by atoms with E-state index in [2.05, 4.69) is 9.55 Å². The molecule has 0 amide bonds. The normalized spacial score (nSPS) is 11.3. The van der Waals surface area contributed by atoms with Crippen molar-refractivity contribution in [2.24, 2.45) is 0 Å². The van der Waals surface area contributed by atoms with Crippen molar-refractivity contribution in [2.75, 3.05) is 13.7 Å². The Morgan fingerprint density at radius 1 is 1.33 bits per heavy atom. The Kier molecular flexibility index (Phi) is 4.87. The van der Waals surface area contributed by atoms with Crippen molar-refractivity contribution >= 4 is 34.2 Å². The van der Waals surface area contributed by atoms with E-state index in [1.807, 2.05) is 18.2 Å². The van der Waals surface area contributed by atoms with Crippen LogP contribution in [-0.4, -0.2) is 23.3 Å². The second kappa shape index (κ2) is 6.41. The summed E-state index contributed by atoms with van der Waals surface area (Å²) < 4.78 is 7.20. The van der Waals surface area contributed by atoms with E-state index in [1.165, 1.54) is 0 Å². The zero-order chi connectivity index (χ0) is 13.0. The van der Waals surface area contributed by atoms with Crippen LogP contribution in [0.25, 0.3) is 11.0 Å². The minimum absolute atomic E-state index is 0.413. The standard InChI is InChI=1S/C13H16Cl2N2O/c1-18-7-3-2-6-17-12-8-10(15)4-5-11(12)16-13(17)9-14/h4-5,8H,2-3,6-7,9H2,1H3. The van der Waals surface area contributed by atoms with Gasteiger partial charge < -0.3 is 9.30 Å². The summed E-state index contributed by atoms with van der Waals surface area (Å²) in [6, 6.07) is 5.72. The van der Waals surface area contributed by atoms with Gasteiger partial charge in [0.05, 0.1) is 16.9 Å². The van der Waals surface area contributed by atoms with E-state index >= 15 is 0 Å². The summed E-state index contributed by atoms with van der Waals surface area (Å²) in [5.74, 6) is 1.31. The molecule has 5 heteroatoms. The van der Waals surface area contributed by atoms with Crippen LogP contribution in [0.3, 0.4) is 0 Å². The van der Waals surface area contributed by atoms with Gasteiger partial charge in [0, 0.05) is 25.3 Å². The molecule has 0 aliphatic rings. The molecule has 2 rings (SSSR count). The van der Waals surface area contributed by atoms with E-state index in [1.54, 1.807) is 7.11 Å². The van der Waals surface area contributed by atoms with Gasteiger partial charge in [-0.05, 0) is 31.0 Å². The molecule has 18 heavy (non-hydrogen) atoms. The number of rotatable bonds is 6. The van der Waals surface area contributed by atoms with Gasteiger partial charge in [0.25, 0.3) is 0 Å². The molecule has 1 aromatic heterocycles. The predicted octanol–water partition coefficient (Wildman–Crippen LogP) is 3.86. The van der Waals surface area contributed by atoms with Crippen molar-refractivity contribution in [1.82, 2.24) is 9.55 Å². The minimum Gasteiger partial charge on any atom is -0.385 e. The van der Waals surface area contributed by atoms with Crippen molar-refractivity contribution < 1.29 is 4.74 Å². The lowest BCUT2D eigenvalue weighted by atomic mass is 10.3. The third-order valence-corrected chi connectivity index (χ3v) is 3.36. The Balaban J connectivity index is 2.25. The highest BCUT2D eigenvalue weighted by Crippen LogP contribution is 2.22. The van der Waals surface area contributed by atoms with Gasteiger partial charge in [-0.25, -0.2) is 4.98 Å². The first-order valence-electron chi connectivity index (χ1n) is 5.96. The van der Waals surface area contributed by atoms with Crippen molar-refractivity contribution in [1.29, 1.82) is 0 Å². The fourth-order valence-corrected chi connectivity index (χ4v) is 2.38. The van der Waals surface area contributed by atoms with Crippen molar-refractivity contribution in [3.8, 4) is 0 Å². The summed E-state index contributed by atoms with van der Waals surface area (Å²) in [5.41, 5.74) is 2.00. The molecule has 98 valence electrons. The molecular formula is C13H16Cl2N2O. The van der Waals surface area contributed by atoms with Crippen LogP contribution < -0.4 is 0 Å². The van der Waals surface area contributed by atoms with Gasteiger partial charge >= 0.3 is 0 Å². The number of fused-ring (bicyclic) bond motifs is 1. The van der Waals surface area contributed by atoms with Gasteiger partial charge in [-0.15, -0.1) is 11.6 Å². The fraction of sp³-hybridized carbons (Fsp3) is 0.462. The number of nitrogens with zero attached hydrogens (tertiary/aromatic N) is 2. The highest BCUT2D eigenvalue weighted by atomic mass is 35.5. The monoisotopic (exact) mass is 286 g/mol. The second-order valence-corrected chi connectivity index (χ2v) is 4.85. The van der Waals surface area contributed by atoms with Crippen LogP contribution >= 0.6 is 23.2 Å². The Hall–Kier alpha value is -0.770. The van der Waals surface area contributed by atoms with Crippen molar-refractivity contribution in [3.63, 3.8) is 0 Å². The Morgan fingerprint density at radius 3 is 2.89 bits per heavy atom. The van der Waals surface area contributed by atoms with Crippen LogP contribution in [-0.2, 0) is 17.2 Å². The van der Waals surface area contributed by atoms with Gasteiger partial charge in [-0.3, -0.25) is 0 Å². The van der Waals surface area contributed by atoms with Crippen LogP contribution in [0.2, 0.25) is 5.02 Å². The Morgan fingerprint density at radius 2 is 2.17 bits per heavy atom. The molecule has 0 atom stereocenters. The Bertz CT molecular complexity index is 525. The SMILES string of the molecule is COCCCCn1c(CCl)nc2ccc(Cl)cc21. The molecule has 0 saturated heterocycles. The molecule has 0 saturated carbocycles. The zero-order valence-electron chi connectivity index (χ0n) is 10.3. The maximum atomic E-state index is 6.03. The van der Waals surface area contributed by atoms with Crippen LogP contribution in [0, 0.1) is 0 Å². The fourth-order valence-electron chi connectivity index (χ4n) is 2.01. The van der Waals surface area contributed by atoms with Gasteiger partial charge in [0.2, 0.25) is 0 Å². The Labute approximate surface area is 117 Å². The highest BCUT2D eigenvalue weighted by Gasteiger charge is 2.09. The summed E-state index contributed by atoms with van der Waals surface area (Å²) >= 11 is 12.0. The lowest BCUT2D eigenvalue weighted by Gasteiger charge is -2.07. The first kappa shape index (κ1) is 13.7. The number of halogens is 2. The quantitative estimate of drug-likeness (QED) is 0.596. The van der Waals surface area contributed by atoms with Gasteiger partial charge in [-0.1, -0.05) is 11.6 Å². The minimum atomic E-state index is 0.413. The summed E-state index contributed by atoms with van der Waals surface area (Å²) in [4.78, 5) is 4.51. The van der Waals surface area contributed by atoms with Crippen LogP contribution in [0.1, 0.15) is 18.7 Å². The first-order chi connectivity index (χ1) is 8.76. The van der Waals surface area contributed by atoms with Gasteiger partial charge in [-0.2, -0.15) is 0 Å². The lowest BCUT2D eigenvalue weighted by molar-refractivity contribution is 0.191. The number of aromatic nitrogens is 2. The number of imidazole rings is 1. The summed E-state index contributed by atoms with van der Waals surface area (Å²) in [6.45, 7) is 1.67. The van der Waals surface area contributed by atoms with Gasteiger partial charge in [0.1, 0.15) is 5.82 Å². The molecule has 0 N–H and O–H groups in total. The van der Waals surface area contributed by atoms with E-state index in [-0.39, 0.29) is 0 Å². The maximum Gasteiger partial charge on any atom is 0.124 e. The maximum absolute atomic E-state index is 6.03. The van der Waals surface area contributed by atoms with E-state index in [9.17, 15) is 0 Å². The predicted molar refractivity (Wildman–Crippen MR) is 75.4 cm³/mol. The number of hydrogen-bond acceptors (Lipinski definition) is 2. The highest BCUT2D eigenvalue weighted by molar-refractivity contribution is 6.31.